The summed E-state index contributed by atoms with van der Waals surface area (Å²) in [4.78, 5) is 16.0. The lowest BCUT2D eigenvalue weighted by atomic mass is 10.1. The number of nitrogens with two attached hydrogens (primary N) is 1. The molecule has 0 amide bonds. The molecule has 0 radical (unpaired) electrons. The third kappa shape index (κ3) is 5.35. The van der Waals surface area contributed by atoms with E-state index in [9.17, 15) is 5.11 Å². The molecule has 38 heavy (non-hydrogen) atoms. The standard InChI is InChI=1S/C28H32N8O2/c29-28-24(17-23(32-33-28)22-5-1-2-6-25(22)37)35-13-4-14-36(16-15-35)27-10-11-30-26(31-27)7-3-12-34-18-20-8-9-21(19-34)38-20/h1-2,5-6,10-11,17,20-21,37H,4,8-9,12-16,18-19H2,(H2,29,33). The average Bonchev–Trinajstić information content (AvgIpc) is 3.11. The van der Waals surface area contributed by atoms with Gasteiger partial charge in [0.2, 0.25) is 5.82 Å². The lowest BCUT2D eigenvalue weighted by Crippen LogP contribution is -2.42. The van der Waals surface area contributed by atoms with Gasteiger partial charge in [0.25, 0.3) is 0 Å². The summed E-state index contributed by atoms with van der Waals surface area (Å²) < 4.78 is 5.91. The van der Waals surface area contributed by atoms with Gasteiger partial charge in [-0.05, 0) is 49.4 Å². The number of phenolic OH excluding ortho intramolecular Hbond substituents is 1. The van der Waals surface area contributed by atoms with Crippen molar-refractivity contribution in [2.45, 2.75) is 31.5 Å². The van der Waals surface area contributed by atoms with Crippen molar-refractivity contribution < 1.29 is 9.84 Å². The van der Waals surface area contributed by atoms with Crippen molar-refractivity contribution in [1.82, 2.24) is 25.1 Å². The molecule has 10 nitrogen and oxygen atoms in total. The summed E-state index contributed by atoms with van der Waals surface area (Å²) in [5.74, 6) is 8.40. The van der Waals surface area contributed by atoms with E-state index in [2.05, 4.69) is 41.7 Å². The van der Waals surface area contributed by atoms with E-state index >= 15 is 0 Å². The lowest BCUT2D eigenvalue weighted by molar-refractivity contribution is -0.0337. The second-order valence-corrected chi connectivity index (χ2v) is 10.0. The molecule has 3 aliphatic heterocycles. The molecule has 2 aromatic heterocycles. The molecule has 2 unspecified atom stereocenters. The smallest absolute Gasteiger partial charge is 0.206 e. The van der Waals surface area contributed by atoms with Gasteiger partial charge in [0.05, 0.1) is 30.1 Å². The highest BCUT2D eigenvalue weighted by atomic mass is 16.5. The van der Waals surface area contributed by atoms with Crippen molar-refractivity contribution in [2.75, 3.05) is 61.3 Å². The van der Waals surface area contributed by atoms with Crippen molar-refractivity contribution in [3.8, 4) is 28.8 Å². The highest BCUT2D eigenvalue weighted by Crippen LogP contribution is 2.32. The molecule has 1 aromatic carbocycles. The van der Waals surface area contributed by atoms with Gasteiger partial charge in [-0.25, -0.2) is 9.97 Å². The number of aromatic nitrogens is 4. The lowest BCUT2D eigenvalue weighted by Gasteiger charge is -2.30. The van der Waals surface area contributed by atoms with Crippen molar-refractivity contribution in [1.29, 1.82) is 0 Å². The molecule has 3 aromatic rings. The Morgan fingerprint density at radius 2 is 1.79 bits per heavy atom. The van der Waals surface area contributed by atoms with E-state index < -0.39 is 0 Å². The van der Waals surface area contributed by atoms with E-state index in [1.54, 1.807) is 18.3 Å². The predicted octanol–water partition coefficient (Wildman–Crippen LogP) is 2.15. The number of hydrogen-bond donors (Lipinski definition) is 2. The molecule has 2 bridgehead atoms. The number of nitrogens with zero attached hydrogens (tertiary/aromatic N) is 7. The maximum atomic E-state index is 10.3. The number of nitrogen functional groups attached to an aromatic ring is 1. The van der Waals surface area contributed by atoms with Gasteiger partial charge in [-0.2, -0.15) is 0 Å². The maximum Gasteiger partial charge on any atom is 0.206 e. The van der Waals surface area contributed by atoms with Crippen LogP contribution >= 0.6 is 0 Å². The molecule has 5 heterocycles. The fraction of sp³-hybridized carbons (Fsp3) is 0.429. The highest BCUT2D eigenvalue weighted by molar-refractivity contribution is 5.74. The summed E-state index contributed by atoms with van der Waals surface area (Å²) in [5, 5.41) is 18.7. The predicted molar refractivity (Wildman–Crippen MR) is 146 cm³/mol. The van der Waals surface area contributed by atoms with E-state index in [0.29, 0.717) is 41.7 Å². The van der Waals surface area contributed by atoms with Crippen LogP contribution in [0.3, 0.4) is 0 Å². The zero-order valence-corrected chi connectivity index (χ0v) is 21.3. The van der Waals surface area contributed by atoms with Crippen LogP contribution in [0, 0.1) is 11.8 Å². The van der Waals surface area contributed by atoms with E-state index in [-0.39, 0.29) is 5.75 Å². The molecular weight excluding hydrogens is 480 g/mol. The molecule has 10 heteroatoms. The average molecular weight is 513 g/mol. The number of likely N-dealkylation sites (tertiary alicyclic amines) is 1. The molecule has 3 saturated heterocycles. The summed E-state index contributed by atoms with van der Waals surface area (Å²) in [5.41, 5.74) is 8.29. The third-order valence-electron chi connectivity index (χ3n) is 7.40. The van der Waals surface area contributed by atoms with Crippen LogP contribution in [-0.4, -0.2) is 88.2 Å². The summed E-state index contributed by atoms with van der Waals surface area (Å²) in [6.07, 6.45) is 5.77. The molecule has 0 saturated carbocycles. The largest absolute Gasteiger partial charge is 0.507 e. The Balaban J connectivity index is 1.12. The van der Waals surface area contributed by atoms with Crippen LogP contribution in [0.5, 0.6) is 5.75 Å². The molecule has 3 fully saturated rings. The zero-order valence-electron chi connectivity index (χ0n) is 21.3. The first-order valence-electron chi connectivity index (χ1n) is 13.2. The van der Waals surface area contributed by atoms with Gasteiger partial charge < -0.3 is 25.4 Å². The number of aromatic hydroxyl groups is 1. The fourth-order valence-corrected chi connectivity index (χ4v) is 5.50. The molecule has 3 N–H and O–H groups in total. The summed E-state index contributed by atoms with van der Waals surface area (Å²) in [7, 11) is 0. The van der Waals surface area contributed by atoms with Gasteiger partial charge in [-0.15, -0.1) is 10.2 Å². The molecule has 196 valence electrons. The third-order valence-corrected chi connectivity index (χ3v) is 7.40. The molecule has 6 rings (SSSR count). The van der Waals surface area contributed by atoms with Crippen molar-refractivity contribution in [3.63, 3.8) is 0 Å². The fourth-order valence-electron chi connectivity index (χ4n) is 5.50. The number of phenols is 1. The number of fused-ring (bicyclic) bond motifs is 2. The van der Waals surface area contributed by atoms with Gasteiger partial charge in [0.15, 0.2) is 5.82 Å². The van der Waals surface area contributed by atoms with E-state index in [1.807, 2.05) is 24.3 Å². The van der Waals surface area contributed by atoms with Gasteiger partial charge in [0.1, 0.15) is 11.6 Å². The molecule has 2 atom stereocenters. The van der Waals surface area contributed by atoms with Crippen molar-refractivity contribution in [2.24, 2.45) is 0 Å². The van der Waals surface area contributed by atoms with Gasteiger partial charge in [-0.1, -0.05) is 18.1 Å². The van der Waals surface area contributed by atoms with Crippen LogP contribution in [0.15, 0.2) is 42.6 Å². The number of para-hydroxylation sites is 1. The number of morpholine rings is 1. The normalized spacial score (nSPS) is 21.6. The van der Waals surface area contributed by atoms with Crippen LogP contribution in [0.4, 0.5) is 17.3 Å². The van der Waals surface area contributed by atoms with Gasteiger partial charge in [0, 0.05) is 51.0 Å². The first-order chi connectivity index (χ1) is 18.6. The maximum absolute atomic E-state index is 10.3. The quantitative estimate of drug-likeness (QED) is 0.504. The van der Waals surface area contributed by atoms with E-state index in [1.165, 1.54) is 0 Å². The first-order valence-corrected chi connectivity index (χ1v) is 13.2. The summed E-state index contributed by atoms with van der Waals surface area (Å²) in [6, 6.07) is 11.0. The van der Waals surface area contributed by atoms with Crippen molar-refractivity contribution >= 4 is 17.3 Å². The van der Waals surface area contributed by atoms with Crippen LogP contribution in [-0.2, 0) is 4.74 Å². The summed E-state index contributed by atoms with van der Waals surface area (Å²) in [6.45, 7) is 5.85. The second kappa shape index (κ2) is 10.8. The Kier molecular flexibility index (Phi) is 6.94. The monoisotopic (exact) mass is 512 g/mol. The molecule has 0 spiro atoms. The van der Waals surface area contributed by atoms with E-state index in [4.69, 9.17) is 15.5 Å². The van der Waals surface area contributed by atoms with Crippen LogP contribution in [0.25, 0.3) is 11.3 Å². The Bertz CT molecular complexity index is 1340. The summed E-state index contributed by atoms with van der Waals surface area (Å²) >= 11 is 0. The van der Waals surface area contributed by atoms with Gasteiger partial charge in [-0.3, -0.25) is 4.90 Å². The van der Waals surface area contributed by atoms with Gasteiger partial charge >= 0.3 is 0 Å². The van der Waals surface area contributed by atoms with Crippen LogP contribution in [0.2, 0.25) is 0 Å². The Labute approximate surface area is 222 Å². The Morgan fingerprint density at radius 1 is 1.00 bits per heavy atom. The zero-order chi connectivity index (χ0) is 25.9. The van der Waals surface area contributed by atoms with E-state index in [0.717, 1.165) is 70.0 Å². The first kappa shape index (κ1) is 24.4. The topological polar surface area (TPSA) is 117 Å². The van der Waals surface area contributed by atoms with Crippen LogP contribution in [0.1, 0.15) is 25.1 Å². The number of anilines is 3. The minimum Gasteiger partial charge on any atom is -0.507 e. The van der Waals surface area contributed by atoms with Crippen molar-refractivity contribution in [3.05, 3.63) is 48.4 Å². The minimum atomic E-state index is 0.166. The highest BCUT2D eigenvalue weighted by Gasteiger charge is 2.33. The number of ether oxygens (including phenoxy) is 1. The van der Waals surface area contributed by atoms with Crippen LogP contribution < -0.4 is 15.5 Å². The Hall–Kier alpha value is -3.94. The number of rotatable bonds is 4. The molecular formula is C28H32N8O2. The number of benzene rings is 1. The Morgan fingerprint density at radius 3 is 2.63 bits per heavy atom. The SMILES string of the molecule is Nc1nnc(-c2ccccc2O)cc1N1CCCN(c2ccnc(C#CCN3CC4CCC(C3)O4)n2)CC1. The molecule has 3 aliphatic rings. The second-order valence-electron chi connectivity index (χ2n) is 10.0. The minimum absolute atomic E-state index is 0.166. The molecule has 0 aliphatic carbocycles. The number of hydrogen-bond acceptors (Lipinski definition) is 10.